The van der Waals surface area contributed by atoms with Crippen LogP contribution in [0.5, 0.6) is 0 Å². The summed E-state index contributed by atoms with van der Waals surface area (Å²) < 4.78 is 1.42. The molecule has 2 aromatic rings. The van der Waals surface area contributed by atoms with Crippen molar-refractivity contribution in [3.8, 4) is 0 Å². The highest BCUT2D eigenvalue weighted by molar-refractivity contribution is 7.15. The van der Waals surface area contributed by atoms with Gasteiger partial charge >= 0.3 is 0 Å². The van der Waals surface area contributed by atoms with Gasteiger partial charge in [-0.25, -0.2) is 9.67 Å². The minimum Gasteiger partial charge on any atom is -0.387 e. The Morgan fingerprint density at radius 3 is 3.12 bits per heavy atom. The fourth-order valence-corrected chi connectivity index (χ4v) is 4.18. The van der Waals surface area contributed by atoms with E-state index in [0.29, 0.717) is 10.8 Å². The van der Waals surface area contributed by atoms with E-state index in [1.807, 2.05) is 0 Å². The number of nitrogens with zero attached hydrogens (tertiary/aromatic N) is 4. The van der Waals surface area contributed by atoms with Gasteiger partial charge in [0, 0.05) is 4.88 Å². The Hall–Kier alpha value is -1.80. The fourth-order valence-electron chi connectivity index (χ4n) is 3.04. The number of amides is 1. The average molecular weight is 349 g/mol. The summed E-state index contributed by atoms with van der Waals surface area (Å²) in [5.41, 5.74) is 1.59. The number of anilines is 1. The Labute approximate surface area is 145 Å². The molecule has 8 heteroatoms. The molecule has 0 bridgehead atoms. The molecule has 1 amide bonds. The molecule has 7 nitrogen and oxygen atoms in total. The van der Waals surface area contributed by atoms with Crippen LogP contribution < -0.4 is 5.32 Å². The molecule has 0 saturated heterocycles. The standard InChI is InChI=1S/C16H23N5O2S/c1-3-4-11-5-6-12-14(7-11)24-16(17-12)18-15(23)9-21-8-13(10(2)22)19-20-21/h8,10-11,22H,3-7,9H2,1-2H3,(H,17,18,23)/t10-,11-/m1/s1. The van der Waals surface area contributed by atoms with E-state index < -0.39 is 6.10 Å². The molecule has 0 unspecified atom stereocenters. The molecule has 0 spiro atoms. The van der Waals surface area contributed by atoms with Gasteiger partial charge < -0.3 is 10.4 Å². The zero-order valence-corrected chi connectivity index (χ0v) is 14.8. The van der Waals surface area contributed by atoms with E-state index in [2.05, 4.69) is 27.5 Å². The first-order valence-corrected chi connectivity index (χ1v) is 9.23. The number of thiazole rings is 1. The maximum atomic E-state index is 12.1. The van der Waals surface area contributed by atoms with E-state index in [1.54, 1.807) is 24.5 Å². The van der Waals surface area contributed by atoms with Crippen molar-refractivity contribution >= 4 is 22.4 Å². The Bertz CT molecular complexity index is 709. The van der Waals surface area contributed by atoms with Gasteiger partial charge in [0.15, 0.2) is 5.13 Å². The number of aliphatic hydroxyl groups is 1. The van der Waals surface area contributed by atoms with Crippen molar-refractivity contribution in [3.63, 3.8) is 0 Å². The summed E-state index contributed by atoms with van der Waals surface area (Å²) in [7, 11) is 0. The summed E-state index contributed by atoms with van der Waals surface area (Å²) in [4.78, 5) is 18.0. The molecule has 0 aliphatic heterocycles. The van der Waals surface area contributed by atoms with E-state index >= 15 is 0 Å². The van der Waals surface area contributed by atoms with Crippen LogP contribution in [-0.2, 0) is 24.2 Å². The molecule has 1 aliphatic carbocycles. The molecule has 0 saturated carbocycles. The molecule has 0 aromatic carbocycles. The number of carbonyl (C=O) groups excluding carboxylic acids is 1. The van der Waals surface area contributed by atoms with E-state index in [1.165, 1.54) is 28.8 Å². The van der Waals surface area contributed by atoms with Gasteiger partial charge in [-0.05, 0) is 32.1 Å². The highest BCUT2D eigenvalue weighted by Crippen LogP contribution is 2.34. The first-order valence-electron chi connectivity index (χ1n) is 8.41. The van der Waals surface area contributed by atoms with Gasteiger partial charge in [-0.1, -0.05) is 25.0 Å². The van der Waals surface area contributed by atoms with Gasteiger partial charge in [-0.2, -0.15) is 0 Å². The maximum Gasteiger partial charge on any atom is 0.247 e. The minimum absolute atomic E-state index is 0.0580. The summed E-state index contributed by atoms with van der Waals surface area (Å²) in [6.45, 7) is 3.89. The first-order chi connectivity index (χ1) is 11.5. The molecule has 2 atom stereocenters. The van der Waals surface area contributed by atoms with Crippen LogP contribution in [0.4, 0.5) is 5.13 Å². The van der Waals surface area contributed by atoms with Crippen LogP contribution >= 0.6 is 11.3 Å². The highest BCUT2D eigenvalue weighted by Gasteiger charge is 2.22. The van der Waals surface area contributed by atoms with Crippen LogP contribution in [0.2, 0.25) is 0 Å². The third kappa shape index (κ3) is 3.99. The third-order valence-electron chi connectivity index (χ3n) is 4.27. The normalized spacial score (nSPS) is 18.2. The van der Waals surface area contributed by atoms with Crippen LogP contribution in [-0.4, -0.2) is 31.0 Å². The smallest absolute Gasteiger partial charge is 0.247 e. The van der Waals surface area contributed by atoms with E-state index in [-0.39, 0.29) is 12.5 Å². The van der Waals surface area contributed by atoms with Gasteiger partial charge in [0.2, 0.25) is 5.91 Å². The SMILES string of the molecule is CCC[C@@H]1CCc2nc(NC(=O)Cn3cc([C@@H](C)O)nn3)sc2C1. The maximum absolute atomic E-state index is 12.1. The molecule has 1 aliphatic rings. The molecule has 24 heavy (non-hydrogen) atoms. The van der Waals surface area contributed by atoms with Crippen molar-refractivity contribution in [1.29, 1.82) is 0 Å². The molecule has 0 fully saturated rings. The summed E-state index contributed by atoms with van der Waals surface area (Å²) >= 11 is 1.59. The molecule has 0 radical (unpaired) electrons. The number of aliphatic hydroxyl groups excluding tert-OH is 1. The van der Waals surface area contributed by atoms with Crippen LogP contribution in [0.3, 0.4) is 0 Å². The number of hydrogen-bond acceptors (Lipinski definition) is 6. The molecule has 2 heterocycles. The number of aryl methyl sites for hydroxylation is 1. The lowest BCUT2D eigenvalue weighted by molar-refractivity contribution is -0.116. The quantitative estimate of drug-likeness (QED) is 0.835. The molecule has 130 valence electrons. The largest absolute Gasteiger partial charge is 0.387 e. The van der Waals surface area contributed by atoms with Crippen molar-refractivity contribution in [2.45, 2.75) is 58.6 Å². The van der Waals surface area contributed by atoms with E-state index in [4.69, 9.17) is 0 Å². The number of rotatable bonds is 6. The Balaban J connectivity index is 1.59. The van der Waals surface area contributed by atoms with Crippen LogP contribution in [0, 0.1) is 5.92 Å². The minimum atomic E-state index is -0.691. The van der Waals surface area contributed by atoms with Gasteiger partial charge in [0.05, 0.1) is 18.0 Å². The zero-order chi connectivity index (χ0) is 17.1. The van der Waals surface area contributed by atoms with Crippen LogP contribution in [0.15, 0.2) is 6.20 Å². The number of nitrogens with one attached hydrogen (secondary N) is 1. The Morgan fingerprint density at radius 2 is 2.42 bits per heavy atom. The predicted octanol–water partition coefficient (Wildman–Crippen LogP) is 2.33. The van der Waals surface area contributed by atoms with Gasteiger partial charge in [0.25, 0.3) is 0 Å². The number of hydrogen-bond donors (Lipinski definition) is 2. The summed E-state index contributed by atoms with van der Waals surface area (Å²) in [5, 5.41) is 20.6. The molecule has 2 N–H and O–H groups in total. The Kier molecular flexibility index (Phi) is 5.25. The predicted molar refractivity (Wildman–Crippen MR) is 91.8 cm³/mol. The second-order valence-corrected chi connectivity index (χ2v) is 7.44. The lowest BCUT2D eigenvalue weighted by Gasteiger charge is -2.19. The first kappa shape index (κ1) is 17.0. The third-order valence-corrected chi connectivity index (χ3v) is 5.31. The summed E-state index contributed by atoms with van der Waals surface area (Å²) in [6, 6.07) is 0. The average Bonchev–Trinajstić information content (AvgIpc) is 3.13. The van der Waals surface area contributed by atoms with Crippen molar-refractivity contribution in [2.24, 2.45) is 5.92 Å². The van der Waals surface area contributed by atoms with E-state index in [9.17, 15) is 9.90 Å². The lowest BCUT2D eigenvalue weighted by atomic mass is 9.88. The molecule has 3 rings (SSSR count). The number of fused-ring (bicyclic) bond motifs is 1. The van der Waals surface area contributed by atoms with Gasteiger partial charge in [0.1, 0.15) is 12.2 Å². The van der Waals surface area contributed by atoms with Crippen LogP contribution in [0.1, 0.15) is 55.5 Å². The molecular weight excluding hydrogens is 326 g/mol. The van der Waals surface area contributed by atoms with Gasteiger partial charge in [-0.15, -0.1) is 16.4 Å². The fraction of sp³-hybridized carbons (Fsp3) is 0.625. The molecule has 2 aromatic heterocycles. The van der Waals surface area contributed by atoms with Crippen molar-refractivity contribution in [3.05, 3.63) is 22.5 Å². The second kappa shape index (κ2) is 7.40. The van der Waals surface area contributed by atoms with E-state index in [0.717, 1.165) is 24.5 Å². The van der Waals surface area contributed by atoms with Gasteiger partial charge in [-0.3, -0.25) is 4.79 Å². The summed E-state index contributed by atoms with van der Waals surface area (Å²) in [5.74, 6) is 0.564. The summed E-state index contributed by atoms with van der Waals surface area (Å²) in [6.07, 6.45) is 6.64. The zero-order valence-electron chi connectivity index (χ0n) is 14.0. The Morgan fingerprint density at radius 1 is 1.58 bits per heavy atom. The molecular formula is C16H23N5O2S. The highest BCUT2D eigenvalue weighted by atomic mass is 32.1. The topological polar surface area (TPSA) is 92.9 Å². The lowest BCUT2D eigenvalue weighted by Crippen LogP contribution is -2.19. The monoisotopic (exact) mass is 349 g/mol. The number of carbonyl (C=O) groups is 1. The number of aromatic nitrogens is 4. The van der Waals surface area contributed by atoms with Crippen LogP contribution in [0.25, 0.3) is 0 Å². The van der Waals surface area contributed by atoms with Crippen molar-refractivity contribution in [1.82, 2.24) is 20.0 Å². The second-order valence-electron chi connectivity index (χ2n) is 6.35. The van der Waals surface area contributed by atoms with Crippen molar-refractivity contribution < 1.29 is 9.90 Å². The van der Waals surface area contributed by atoms with Crippen molar-refractivity contribution in [2.75, 3.05) is 5.32 Å².